The summed E-state index contributed by atoms with van der Waals surface area (Å²) in [5.41, 5.74) is 13.3. The van der Waals surface area contributed by atoms with Crippen LogP contribution in [0, 0.1) is 29.2 Å². The first-order valence-electron chi connectivity index (χ1n) is 31.6. The zero-order valence-electron chi connectivity index (χ0n) is 51.4. The Balaban J connectivity index is 0.000000164. The number of hydrogen-bond donors (Lipinski definition) is 6. The molecule has 0 aliphatic heterocycles. The molecule has 5 aromatic carbocycles. The van der Waals surface area contributed by atoms with E-state index in [9.17, 15) is 32.6 Å². The first-order valence-corrected chi connectivity index (χ1v) is 33.9. The van der Waals surface area contributed by atoms with E-state index in [0.29, 0.717) is 30.5 Å². The molecule has 7 atom stereocenters. The maximum Gasteiger partial charge on any atom is 0.217 e. The fourth-order valence-corrected chi connectivity index (χ4v) is 16.5. The molecule has 6 saturated carbocycles. The van der Waals surface area contributed by atoms with Gasteiger partial charge in [-0.25, -0.2) is 17.6 Å². The Kier molecular flexibility index (Phi) is 21.6. The van der Waals surface area contributed by atoms with E-state index in [0.717, 1.165) is 112 Å². The van der Waals surface area contributed by atoms with E-state index >= 15 is 0 Å². The van der Waals surface area contributed by atoms with Crippen molar-refractivity contribution in [1.29, 1.82) is 0 Å². The minimum Gasteiger partial charge on any atom is -0.392 e. The maximum atomic E-state index is 13.7. The second-order valence-electron chi connectivity index (χ2n) is 27.5. The largest absolute Gasteiger partial charge is 0.392 e. The van der Waals surface area contributed by atoms with E-state index < -0.39 is 54.5 Å². The Morgan fingerprint density at radius 3 is 1.17 bits per heavy atom. The molecule has 1 amide bonds. The minimum atomic E-state index is -0.971. The minimum absolute atomic E-state index is 0.103. The number of halogens is 10. The van der Waals surface area contributed by atoms with E-state index in [1.807, 2.05) is 13.0 Å². The molecular formula is C71H88Cl6F4N4O3. The molecule has 11 rings (SSSR count). The summed E-state index contributed by atoms with van der Waals surface area (Å²) in [4.78, 5) is 11.9. The summed E-state index contributed by atoms with van der Waals surface area (Å²) in [7, 11) is 0. The van der Waals surface area contributed by atoms with Gasteiger partial charge in [-0.15, -0.1) is 69.6 Å². The fourth-order valence-electron chi connectivity index (χ4n) is 14.3. The fraction of sp³-hybridized carbons (Fsp3) is 0.563. The molecule has 480 valence electrons. The molecule has 0 spiro atoms. The van der Waals surface area contributed by atoms with Crippen molar-refractivity contribution in [3.63, 3.8) is 0 Å². The average Bonchev–Trinajstić information content (AvgIpc) is 1.64. The number of aliphatic hydroxyl groups excluding tert-OH is 2. The molecule has 0 aromatic heterocycles. The zero-order chi connectivity index (χ0) is 63.7. The number of alkyl halides is 6. The number of amides is 1. The standard InChI is InChI=1S/C28H34Cl2F2N2O2.C27H33Cl2F2NO.C16H21Cl2N/c1-18(35)34-24(13-19-11-22(31)15-23(32)12-19)25(36)16-33-27(9-4-3-5-10-27)21-8-6-7-20(14-21)26(2)17-28(26,29)30;1-18(11-19-12-22(30)15-23(31)13-19)24(33)16-32-26(9-4-3-5-10-26)21-8-6-7-20(14-21)25(2)17-27(25,28)29;1-14(11-16(14,17)18)12-6-5-7-13(10-12)15(19)8-3-2-4-9-15/h6-8,11-12,14-15,24-25,33,36H,3-5,9-10,13,16-17H2,1-2H3,(H,34,35);6-8,12-15,18,24,32-33H,3-5,9-11,16-17H2,1-2H3;5-7,10H,2-4,8-9,11,19H2,1H3/t24-,25+,26?;18-,24+,25?;/m00./s1. The van der Waals surface area contributed by atoms with Crippen LogP contribution >= 0.6 is 69.6 Å². The Hall–Kier alpha value is -3.17. The molecule has 7 nitrogen and oxygen atoms in total. The molecule has 17 heteroatoms. The molecule has 5 aromatic rings. The van der Waals surface area contributed by atoms with Crippen LogP contribution in [0.5, 0.6) is 0 Å². The molecule has 6 aliphatic carbocycles. The normalized spacial score (nSPS) is 26.3. The molecule has 0 saturated heterocycles. The predicted molar refractivity (Wildman–Crippen MR) is 352 cm³/mol. The first-order chi connectivity index (χ1) is 41.4. The van der Waals surface area contributed by atoms with E-state index in [4.69, 9.17) is 75.3 Å². The lowest BCUT2D eigenvalue weighted by Gasteiger charge is -2.40. The van der Waals surface area contributed by atoms with Gasteiger partial charge in [0.1, 0.15) is 36.3 Å². The van der Waals surface area contributed by atoms with Crippen molar-refractivity contribution < 1.29 is 32.6 Å². The van der Waals surface area contributed by atoms with Gasteiger partial charge in [0.25, 0.3) is 0 Å². The van der Waals surface area contributed by atoms with Crippen molar-refractivity contribution in [2.24, 2.45) is 11.7 Å². The van der Waals surface area contributed by atoms with Crippen LogP contribution in [0.4, 0.5) is 17.6 Å². The maximum absolute atomic E-state index is 13.7. The Morgan fingerprint density at radius 2 is 0.807 bits per heavy atom. The van der Waals surface area contributed by atoms with Crippen LogP contribution in [0.1, 0.15) is 195 Å². The number of hydrogen-bond acceptors (Lipinski definition) is 6. The van der Waals surface area contributed by atoms with Crippen LogP contribution < -0.4 is 21.7 Å². The third-order valence-corrected chi connectivity index (χ3v) is 24.1. The highest BCUT2D eigenvalue weighted by molar-refractivity contribution is 6.53. The van der Waals surface area contributed by atoms with Crippen LogP contribution in [0.2, 0.25) is 0 Å². The lowest BCUT2D eigenvalue weighted by molar-refractivity contribution is -0.120. The summed E-state index contributed by atoms with van der Waals surface area (Å²) in [5, 5.41) is 32.1. The van der Waals surface area contributed by atoms with Crippen molar-refractivity contribution in [3.05, 3.63) is 177 Å². The summed E-state index contributed by atoms with van der Waals surface area (Å²) in [5.74, 6) is -3.03. The van der Waals surface area contributed by atoms with E-state index in [1.54, 1.807) is 0 Å². The molecule has 88 heavy (non-hydrogen) atoms. The van der Waals surface area contributed by atoms with Gasteiger partial charge in [0.15, 0.2) is 0 Å². The lowest BCUT2D eigenvalue weighted by atomic mass is 9.75. The Morgan fingerprint density at radius 1 is 0.489 bits per heavy atom. The van der Waals surface area contributed by atoms with Crippen LogP contribution in [0.15, 0.2) is 109 Å². The summed E-state index contributed by atoms with van der Waals surface area (Å²) in [6.07, 6.45) is 17.6. The summed E-state index contributed by atoms with van der Waals surface area (Å²) in [6.45, 7) is 10.2. The van der Waals surface area contributed by atoms with Gasteiger partial charge >= 0.3 is 0 Å². The number of nitrogens with two attached hydrogens (primary N) is 1. The quantitative estimate of drug-likeness (QED) is 0.0362. The monoisotopic (exact) mass is 1330 g/mol. The van der Waals surface area contributed by atoms with E-state index in [-0.39, 0.29) is 57.7 Å². The van der Waals surface area contributed by atoms with Gasteiger partial charge in [-0.05, 0) is 145 Å². The van der Waals surface area contributed by atoms with Crippen LogP contribution in [0.3, 0.4) is 0 Å². The topological polar surface area (TPSA) is 120 Å². The molecule has 3 unspecified atom stereocenters. The van der Waals surface area contributed by atoms with Crippen LogP contribution in [-0.2, 0) is 50.5 Å². The van der Waals surface area contributed by atoms with Gasteiger partial charge in [-0.1, -0.05) is 158 Å². The third kappa shape index (κ3) is 15.7. The van der Waals surface area contributed by atoms with Crippen molar-refractivity contribution in [2.45, 2.75) is 227 Å². The summed E-state index contributed by atoms with van der Waals surface area (Å²) in [6, 6.07) is 31.6. The van der Waals surface area contributed by atoms with Gasteiger partial charge in [0.2, 0.25) is 5.91 Å². The highest BCUT2D eigenvalue weighted by atomic mass is 35.5. The summed E-state index contributed by atoms with van der Waals surface area (Å²) < 4.78 is 52.4. The molecule has 0 heterocycles. The number of carbonyl (C=O) groups is 1. The molecule has 0 radical (unpaired) electrons. The van der Waals surface area contributed by atoms with Crippen LogP contribution in [0.25, 0.3) is 0 Å². The lowest BCUT2D eigenvalue weighted by Crippen LogP contribution is -2.53. The van der Waals surface area contributed by atoms with Gasteiger partial charge < -0.3 is 31.9 Å². The number of carbonyl (C=O) groups excluding carboxylic acids is 1. The number of benzene rings is 5. The van der Waals surface area contributed by atoms with Gasteiger partial charge in [0, 0.05) is 65.0 Å². The van der Waals surface area contributed by atoms with Crippen molar-refractivity contribution >= 4 is 75.5 Å². The SMILES string of the molecule is CC(=O)N[C@@H](Cc1cc(F)cc(F)c1)[C@H](O)CNC1(c2cccc(C3(C)CC3(Cl)Cl)c2)CCCCC1.CC1(c2cccc(C3(N)CCCCC3)c2)CC1(Cl)Cl.C[C@@H](Cc1cc(F)cc(F)c1)[C@H](O)CNC1(c2cccc(C3(C)CC3(Cl)Cl)c2)CCCCC1. The number of nitrogens with one attached hydrogen (secondary N) is 3. The van der Waals surface area contributed by atoms with Crippen LogP contribution in [-0.4, -0.2) is 60.5 Å². The van der Waals surface area contributed by atoms with Gasteiger partial charge in [-0.2, -0.15) is 0 Å². The second-order valence-corrected chi connectivity index (χ2v) is 32.0. The Bertz CT molecular complexity index is 3200. The Labute approximate surface area is 549 Å². The van der Waals surface area contributed by atoms with Gasteiger partial charge in [-0.3, -0.25) is 4.79 Å². The van der Waals surface area contributed by atoms with Gasteiger partial charge in [0.05, 0.1) is 18.2 Å². The van der Waals surface area contributed by atoms with Crippen molar-refractivity contribution in [1.82, 2.24) is 16.0 Å². The first kappa shape index (κ1) is 69.2. The summed E-state index contributed by atoms with van der Waals surface area (Å²) >= 11 is 38.4. The highest BCUT2D eigenvalue weighted by Crippen LogP contribution is 2.66. The number of rotatable bonds is 19. The van der Waals surface area contributed by atoms with E-state index in [2.05, 4.69) is 103 Å². The van der Waals surface area contributed by atoms with Crippen molar-refractivity contribution in [2.75, 3.05) is 13.1 Å². The molecule has 6 aliphatic rings. The highest BCUT2D eigenvalue weighted by Gasteiger charge is 2.65. The van der Waals surface area contributed by atoms with Crippen molar-refractivity contribution in [3.8, 4) is 0 Å². The number of aliphatic hydroxyl groups is 2. The molecule has 7 N–H and O–H groups in total. The molecular weight excluding hydrogens is 1250 g/mol. The third-order valence-electron chi connectivity index (χ3n) is 20.8. The second kappa shape index (κ2) is 27.4. The predicted octanol–water partition coefficient (Wildman–Crippen LogP) is 17.1. The van der Waals surface area contributed by atoms with E-state index in [1.165, 1.54) is 73.6 Å². The average molecular weight is 1330 g/mol. The molecule has 0 bridgehead atoms. The molecule has 6 fully saturated rings. The zero-order valence-corrected chi connectivity index (χ0v) is 56.0. The smallest absolute Gasteiger partial charge is 0.217 e.